The summed E-state index contributed by atoms with van der Waals surface area (Å²) in [7, 11) is 1.14. The Hall–Kier alpha value is -2.94. The normalized spacial score (nSPS) is 19.4. The maximum Gasteiger partial charge on any atom is 0.330 e. The highest BCUT2D eigenvalue weighted by Crippen LogP contribution is 2.51. The van der Waals surface area contributed by atoms with Crippen molar-refractivity contribution < 1.29 is 0 Å². The first kappa shape index (κ1) is 19.0. The van der Waals surface area contributed by atoms with E-state index in [0.717, 1.165) is 40.0 Å². The van der Waals surface area contributed by atoms with Gasteiger partial charge in [-0.25, -0.2) is 19.8 Å². The number of nitrogens with one attached hydrogen (secondary N) is 1. The Bertz CT molecular complexity index is 1340. The molecule has 1 aliphatic heterocycles. The summed E-state index contributed by atoms with van der Waals surface area (Å²) in [5.41, 5.74) is 4.99. The lowest BCUT2D eigenvalue weighted by Crippen LogP contribution is -2.26. The van der Waals surface area contributed by atoms with Crippen molar-refractivity contribution in [2.24, 2.45) is 7.05 Å². The Morgan fingerprint density at radius 1 is 1.13 bits per heavy atom. The molecule has 0 spiro atoms. The van der Waals surface area contributed by atoms with Crippen LogP contribution in [0, 0.1) is 6.92 Å². The zero-order chi connectivity index (χ0) is 21.0. The van der Waals surface area contributed by atoms with Crippen LogP contribution in [0.25, 0.3) is 22.2 Å². The Labute approximate surface area is 175 Å². The lowest BCUT2D eigenvalue weighted by molar-refractivity contribution is 0.544. The summed E-state index contributed by atoms with van der Waals surface area (Å²) >= 11 is 0. The van der Waals surface area contributed by atoms with Crippen molar-refractivity contribution >= 4 is 43.9 Å². The van der Waals surface area contributed by atoms with E-state index < -0.39 is 10.0 Å². The molecule has 0 amide bonds. The molecule has 0 aliphatic carbocycles. The van der Waals surface area contributed by atoms with E-state index in [9.17, 15) is 4.79 Å². The topological polar surface area (TPSA) is 90.5 Å². The lowest BCUT2D eigenvalue weighted by atomic mass is 10.1. The summed E-state index contributed by atoms with van der Waals surface area (Å²) in [5.74, 6) is 2.72. The highest BCUT2D eigenvalue weighted by molar-refractivity contribution is 8.32. The van der Waals surface area contributed by atoms with Crippen molar-refractivity contribution in [3.05, 3.63) is 46.8 Å². The van der Waals surface area contributed by atoms with Gasteiger partial charge in [-0.1, -0.05) is 0 Å². The number of nitrogens with zero attached hydrogens (tertiary/aromatic N) is 6. The van der Waals surface area contributed by atoms with Crippen molar-refractivity contribution in [3.63, 3.8) is 0 Å². The molecule has 1 N–H and O–H groups in total. The van der Waals surface area contributed by atoms with Crippen LogP contribution >= 0.6 is 10.0 Å². The van der Waals surface area contributed by atoms with E-state index in [1.54, 1.807) is 30.2 Å². The van der Waals surface area contributed by atoms with Crippen LogP contribution in [0.2, 0.25) is 0 Å². The van der Waals surface area contributed by atoms with Gasteiger partial charge in [0.25, 0.3) is 0 Å². The molecule has 1 atom stereocenters. The molecule has 1 aliphatic rings. The molecule has 4 aromatic rings. The van der Waals surface area contributed by atoms with Crippen LogP contribution in [-0.2, 0) is 7.05 Å². The van der Waals surface area contributed by atoms with E-state index in [0.29, 0.717) is 11.6 Å². The molecule has 1 saturated heterocycles. The van der Waals surface area contributed by atoms with Crippen LogP contribution in [0.5, 0.6) is 0 Å². The van der Waals surface area contributed by atoms with E-state index in [-0.39, 0.29) is 11.7 Å². The van der Waals surface area contributed by atoms with Gasteiger partial charge in [0.05, 0.1) is 17.2 Å². The fourth-order valence-corrected chi connectivity index (χ4v) is 6.68. The van der Waals surface area contributed by atoms with Gasteiger partial charge in [-0.05, 0) is 55.1 Å². The maximum absolute atomic E-state index is 13.0. The van der Waals surface area contributed by atoms with Gasteiger partial charge in [0.2, 0.25) is 5.95 Å². The van der Waals surface area contributed by atoms with E-state index in [1.165, 1.54) is 5.75 Å². The molecule has 8 nitrogen and oxygen atoms in total. The third-order valence-electron chi connectivity index (χ3n) is 5.91. The highest BCUT2D eigenvalue weighted by Gasteiger charge is 2.31. The molecular weight excluding hydrogens is 398 g/mol. The summed E-state index contributed by atoms with van der Waals surface area (Å²) in [4.78, 5) is 30.9. The third-order valence-corrected chi connectivity index (χ3v) is 8.53. The van der Waals surface area contributed by atoms with Crippen LogP contribution in [0.4, 0.5) is 11.6 Å². The first-order valence-corrected chi connectivity index (χ1v) is 12.7. The highest BCUT2D eigenvalue weighted by atomic mass is 32.3. The summed E-state index contributed by atoms with van der Waals surface area (Å²) in [5, 5.41) is 3.31. The molecule has 9 heteroatoms. The average molecular weight is 424 g/mol. The first-order chi connectivity index (χ1) is 14.3. The van der Waals surface area contributed by atoms with E-state index >= 15 is 0 Å². The van der Waals surface area contributed by atoms with Crippen LogP contribution < -0.4 is 11.0 Å². The largest absolute Gasteiger partial charge is 0.330 e. The smallest absolute Gasteiger partial charge is 0.324 e. The summed E-state index contributed by atoms with van der Waals surface area (Å²) in [6, 6.07) is 4.14. The number of benzene rings is 1. The van der Waals surface area contributed by atoms with Gasteiger partial charge in [0, 0.05) is 31.2 Å². The quantitative estimate of drug-likeness (QED) is 0.544. The van der Waals surface area contributed by atoms with Crippen LogP contribution in [0.1, 0.15) is 18.0 Å². The molecule has 3 aromatic heterocycles. The van der Waals surface area contributed by atoms with Crippen LogP contribution in [0.15, 0.2) is 35.5 Å². The number of imidazole rings is 1. The lowest BCUT2D eigenvalue weighted by Gasteiger charge is -2.24. The van der Waals surface area contributed by atoms with Crippen molar-refractivity contribution in [1.29, 1.82) is 0 Å². The van der Waals surface area contributed by atoms with Crippen molar-refractivity contribution in [2.45, 2.75) is 19.4 Å². The van der Waals surface area contributed by atoms with Crippen molar-refractivity contribution in [2.75, 3.05) is 29.3 Å². The standard InChI is InChI=1S/C21H25N7OS/c1-13-9-16-17(23-7-6-22-16)10-15(13)25-20-24-11-18-19(26-20)28(21(29)27(18)2)14-5-8-30(3,4)12-14/h6-7,9-11,14H,5,8,12H2,1-4H3,(H,24,25,26). The van der Waals surface area contributed by atoms with Crippen LogP contribution in [0.3, 0.4) is 0 Å². The van der Waals surface area contributed by atoms with Gasteiger partial charge >= 0.3 is 5.69 Å². The number of anilines is 2. The monoisotopic (exact) mass is 423 g/mol. The minimum atomic E-state index is -0.646. The molecule has 0 bridgehead atoms. The Kier molecular flexibility index (Phi) is 4.32. The van der Waals surface area contributed by atoms with Gasteiger partial charge in [-0.15, -0.1) is 0 Å². The average Bonchev–Trinajstić information content (AvgIpc) is 3.18. The number of aromatic nitrogens is 6. The molecule has 4 heterocycles. The molecule has 1 unspecified atom stereocenters. The van der Waals surface area contributed by atoms with Gasteiger partial charge in [0.1, 0.15) is 5.52 Å². The number of hydrogen-bond acceptors (Lipinski definition) is 6. The predicted octanol–water partition coefficient (Wildman–Crippen LogP) is 3.13. The fraction of sp³-hybridized carbons (Fsp3) is 0.381. The number of hydrogen-bond donors (Lipinski definition) is 1. The minimum absolute atomic E-state index is 0.0179. The molecule has 1 aromatic carbocycles. The van der Waals surface area contributed by atoms with Gasteiger partial charge in [0.15, 0.2) is 5.65 Å². The van der Waals surface area contributed by atoms with Crippen molar-refractivity contribution in [3.8, 4) is 0 Å². The van der Waals surface area contributed by atoms with E-state index in [1.807, 2.05) is 23.6 Å². The second kappa shape index (κ2) is 6.80. The van der Waals surface area contributed by atoms with Gasteiger partial charge in [-0.3, -0.25) is 19.1 Å². The maximum atomic E-state index is 13.0. The number of aryl methyl sites for hydroxylation is 2. The summed E-state index contributed by atoms with van der Waals surface area (Å²) in [6.07, 6.45) is 10.8. The number of rotatable bonds is 3. The molecule has 5 rings (SSSR count). The first-order valence-electron chi connectivity index (χ1n) is 9.93. The second-order valence-corrected chi connectivity index (χ2v) is 12.8. The molecule has 30 heavy (non-hydrogen) atoms. The number of fused-ring (bicyclic) bond motifs is 2. The Morgan fingerprint density at radius 2 is 1.87 bits per heavy atom. The summed E-state index contributed by atoms with van der Waals surface area (Å²) < 4.78 is 3.53. The molecule has 156 valence electrons. The zero-order valence-electron chi connectivity index (χ0n) is 17.6. The Morgan fingerprint density at radius 3 is 2.57 bits per heavy atom. The fourth-order valence-electron chi connectivity index (χ4n) is 4.24. The predicted molar refractivity (Wildman–Crippen MR) is 123 cm³/mol. The molecule has 0 radical (unpaired) electrons. The van der Waals surface area contributed by atoms with E-state index in [4.69, 9.17) is 4.98 Å². The third kappa shape index (κ3) is 3.13. The Balaban J connectivity index is 1.58. The molecule has 1 fully saturated rings. The molecule has 0 saturated carbocycles. The second-order valence-electron chi connectivity index (χ2n) is 8.53. The SMILES string of the molecule is Cc1cc2nccnc2cc1Nc1ncc2c(n1)n(C1CCS(C)(C)C1)c(=O)n2C. The molecular formula is C21H25N7OS. The summed E-state index contributed by atoms with van der Waals surface area (Å²) in [6.45, 7) is 2.01. The van der Waals surface area contributed by atoms with Gasteiger partial charge < -0.3 is 5.32 Å². The minimum Gasteiger partial charge on any atom is -0.324 e. The van der Waals surface area contributed by atoms with Crippen molar-refractivity contribution in [1.82, 2.24) is 29.1 Å². The van der Waals surface area contributed by atoms with Crippen LogP contribution in [-0.4, -0.2) is 53.1 Å². The zero-order valence-corrected chi connectivity index (χ0v) is 18.4. The van der Waals surface area contributed by atoms with E-state index in [2.05, 4.69) is 32.8 Å². The van der Waals surface area contributed by atoms with Gasteiger partial charge in [-0.2, -0.15) is 4.98 Å².